The van der Waals surface area contributed by atoms with Crippen molar-refractivity contribution >= 4 is 39.8 Å². The summed E-state index contributed by atoms with van der Waals surface area (Å²) in [5.41, 5.74) is 9.26. The number of nitrogens with zero attached hydrogens (tertiary/aromatic N) is 4. The van der Waals surface area contributed by atoms with Crippen molar-refractivity contribution in [3.8, 4) is 11.4 Å². The maximum Gasteiger partial charge on any atom is 0.308 e. The second-order valence-electron chi connectivity index (χ2n) is 7.68. The molecule has 30 heavy (non-hydrogen) atoms. The summed E-state index contributed by atoms with van der Waals surface area (Å²) in [5.74, 6) is 1.19. The Morgan fingerprint density at radius 2 is 2.10 bits per heavy atom. The molecule has 3 N–H and O–H groups in total. The van der Waals surface area contributed by atoms with Crippen LogP contribution in [0, 0.1) is 5.92 Å². The number of ether oxygens (including phenoxy) is 1. The van der Waals surface area contributed by atoms with E-state index >= 15 is 0 Å². The number of carbonyl (C=O) groups excluding carboxylic acids is 1. The Kier molecular flexibility index (Phi) is 4.58. The molecule has 154 valence electrons. The van der Waals surface area contributed by atoms with Gasteiger partial charge in [0.05, 0.1) is 29.3 Å². The molecule has 1 saturated carbocycles. The lowest BCUT2D eigenvalue weighted by atomic mass is 9.81. The van der Waals surface area contributed by atoms with E-state index in [1.54, 1.807) is 4.52 Å². The third kappa shape index (κ3) is 2.99. The summed E-state index contributed by atoms with van der Waals surface area (Å²) in [5, 5.41) is 6.08. The third-order valence-electron chi connectivity index (χ3n) is 5.97. The fourth-order valence-corrected chi connectivity index (χ4v) is 4.66. The molecule has 1 fully saturated rings. The molecule has 0 unspecified atom stereocenters. The summed E-state index contributed by atoms with van der Waals surface area (Å²) < 4.78 is 6.69. The monoisotopic (exact) mass is 424 g/mol. The number of aromatic nitrogens is 5. The Morgan fingerprint density at radius 3 is 2.83 bits per heavy atom. The zero-order chi connectivity index (χ0) is 20.8. The highest BCUT2D eigenvalue weighted by atomic mass is 35.5. The van der Waals surface area contributed by atoms with Gasteiger partial charge in [0, 0.05) is 11.3 Å². The van der Waals surface area contributed by atoms with Crippen LogP contribution in [0.3, 0.4) is 0 Å². The fraction of sp³-hybridized carbons (Fsp3) is 0.333. The minimum atomic E-state index is -0.136. The van der Waals surface area contributed by atoms with Gasteiger partial charge in [-0.25, -0.2) is 14.5 Å². The highest BCUT2D eigenvalue weighted by Gasteiger charge is 2.31. The van der Waals surface area contributed by atoms with Crippen molar-refractivity contribution in [3.63, 3.8) is 0 Å². The number of aromatic amines is 1. The molecule has 8 nitrogen and oxygen atoms in total. The molecule has 1 aromatic carbocycles. The van der Waals surface area contributed by atoms with Gasteiger partial charge in [-0.05, 0) is 37.8 Å². The van der Waals surface area contributed by atoms with Gasteiger partial charge in [0.25, 0.3) is 0 Å². The number of rotatable bonds is 3. The molecule has 0 radical (unpaired) electrons. The number of para-hydroxylation sites is 1. The Balaban J connectivity index is 1.59. The van der Waals surface area contributed by atoms with Crippen molar-refractivity contribution in [2.75, 3.05) is 12.8 Å². The van der Waals surface area contributed by atoms with E-state index in [4.69, 9.17) is 27.1 Å². The summed E-state index contributed by atoms with van der Waals surface area (Å²) >= 11 is 6.34. The largest absolute Gasteiger partial charge is 0.469 e. The zero-order valence-electron chi connectivity index (χ0n) is 16.4. The molecular formula is C21H21ClN6O2. The summed E-state index contributed by atoms with van der Waals surface area (Å²) in [4.78, 5) is 24.4. The standard InChI is InChI=1S/C21H21ClN6O2/c1-30-21(29)12-7-5-11(6-8-12)20-27-17(18-19(23)24-10-25-28(18)20)15-9-13-3-2-4-14(22)16(13)26-15/h2-4,9-12,26H,5-8H2,1H3,(H2,23,24,25)/t11-,12-. The number of imidazole rings is 1. The lowest BCUT2D eigenvalue weighted by Crippen LogP contribution is -2.23. The first-order valence-electron chi connectivity index (χ1n) is 9.91. The number of anilines is 1. The van der Waals surface area contributed by atoms with Crippen LogP contribution in [0.5, 0.6) is 0 Å². The molecule has 3 aromatic heterocycles. The summed E-state index contributed by atoms with van der Waals surface area (Å²) in [7, 11) is 1.44. The van der Waals surface area contributed by atoms with Crippen molar-refractivity contribution in [1.82, 2.24) is 24.6 Å². The molecule has 4 aromatic rings. The number of carbonyl (C=O) groups is 1. The van der Waals surface area contributed by atoms with Crippen molar-refractivity contribution in [2.24, 2.45) is 5.92 Å². The van der Waals surface area contributed by atoms with Gasteiger partial charge in [0.2, 0.25) is 0 Å². The quantitative estimate of drug-likeness (QED) is 0.481. The van der Waals surface area contributed by atoms with E-state index in [9.17, 15) is 4.79 Å². The highest BCUT2D eigenvalue weighted by Crippen LogP contribution is 2.39. The Morgan fingerprint density at radius 1 is 1.30 bits per heavy atom. The van der Waals surface area contributed by atoms with Crippen LogP contribution in [0.25, 0.3) is 27.8 Å². The fourth-order valence-electron chi connectivity index (χ4n) is 4.43. The molecule has 9 heteroatoms. The van der Waals surface area contributed by atoms with Crippen LogP contribution in [0.15, 0.2) is 30.6 Å². The lowest BCUT2D eigenvalue weighted by Gasteiger charge is -2.25. The number of halogens is 1. The molecule has 0 amide bonds. The predicted octanol–water partition coefficient (Wildman–Crippen LogP) is 3.96. The topological polar surface area (TPSA) is 111 Å². The summed E-state index contributed by atoms with van der Waals surface area (Å²) in [6.45, 7) is 0. The molecule has 0 aliphatic heterocycles. The van der Waals surface area contributed by atoms with Crippen molar-refractivity contribution in [2.45, 2.75) is 31.6 Å². The molecule has 0 spiro atoms. The van der Waals surface area contributed by atoms with E-state index in [0.29, 0.717) is 22.1 Å². The van der Waals surface area contributed by atoms with Crippen LogP contribution in [0.1, 0.15) is 37.4 Å². The lowest BCUT2D eigenvalue weighted by molar-refractivity contribution is -0.146. The number of methoxy groups -OCH3 is 1. The van der Waals surface area contributed by atoms with Gasteiger partial charge in [-0.15, -0.1) is 0 Å². The zero-order valence-corrected chi connectivity index (χ0v) is 17.2. The van der Waals surface area contributed by atoms with Crippen molar-refractivity contribution < 1.29 is 9.53 Å². The van der Waals surface area contributed by atoms with Crippen LogP contribution < -0.4 is 5.73 Å². The molecule has 0 atom stereocenters. The van der Waals surface area contributed by atoms with E-state index in [0.717, 1.165) is 48.1 Å². The molecule has 1 aliphatic rings. The molecule has 3 heterocycles. The number of esters is 1. The van der Waals surface area contributed by atoms with Crippen LogP contribution in [0.4, 0.5) is 5.82 Å². The van der Waals surface area contributed by atoms with E-state index in [1.807, 2.05) is 24.3 Å². The number of nitrogen functional groups attached to an aromatic ring is 1. The Hall–Kier alpha value is -3.13. The number of hydrogen-bond acceptors (Lipinski definition) is 6. The minimum absolute atomic E-state index is 0.0486. The maximum absolute atomic E-state index is 11.9. The smallest absolute Gasteiger partial charge is 0.308 e. The van der Waals surface area contributed by atoms with Gasteiger partial charge in [-0.3, -0.25) is 4.79 Å². The molecule has 1 aliphatic carbocycles. The van der Waals surface area contributed by atoms with Gasteiger partial charge >= 0.3 is 5.97 Å². The van der Waals surface area contributed by atoms with Gasteiger partial charge < -0.3 is 15.5 Å². The Bertz CT molecular complexity index is 1260. The summed E-state index contributed by atoms with van der Waals surface area (Å²) in [6.07, 6.45) is 4.65. The average molecular weight is 425 g/mol. The number of fused-ring (bicyclic) bond motifs is 2. The first-order chi connectivity index (χ1) is 14.6. The molecule has 0 saturated heterocycles. The van der Waals surface area contributed by atoms with E-state index in [1.165, 1.54) is 13.4 Å². The number of nitrogens with one attached hydrogen (secondary N) is 1. The first-order valence-corrected chi connectivity index (χ1v) is 10.3. The number of H-pyrrole nitrogens is 1. The first kappa shape index (κ1) is 18.9. The van der Waals surface area contributed by atoms with E-state index in [2.05, 4.69) is 15.1 Å². The number of benzene rings is 1. The van der Waals surface area contributed by atoms with Crippen LogP contribution in [-0.2, 0) is 9.53 Å². The average Bonchev–Trinajstić information content (AvgIpc) is 3.37. The second kappa shape index (κ2) is 7.28. The predicted molar refractivity (Wildman–Crippen MR) is 114 cm³/mol. The number of nitrogens with two attached hydrogens (primary N) is 1. The second-order valence-corrected chi connectivity index (χ2v) is 8.09. The van der Waals surface area contributed by atoms with Crippen molar-refractivity contribution in [3.05, 3.63) is 41.4 Å². The minimum Gasteiger partial charge on any atom is -0.469 e. The van der Waals surface area contributed by atoms with Crippen molar-refractivity contribution in [1.29, 1.82) is 0 Å². The highest BCUT2D eigenvalue weighted by molar-refractivity contribution is 6.35. The van der Waals surface area contributed by atoms with E-state index in [-0.39, 0.29) is 17.8 Å². The van der Waals surface area contributed by atoms with Gasteiger partial charge in [0.15, 0.2) is 5.82 Å². The third-order valence-corrected chi connectivity index (χ3v) is 6.29. The normalized spacial score (nSPS) is 19.4. The Labute approximate surface area is 177 Å². The van der Waals surface area contributed by atoms with Crippen LogP contribution in [-0.4, -0.2) is 37.6 Å². The van der Waals surface area contributed by atoms with E-state index < -0.39 is 0 Å². The summed E-state index contributed by atoms with van der Waals surface area (Å²) in [6, 6.07) is 7.76. The van der Waals surface area contributed by atoms with Crippen LogP contribution in [0.2, 0.25) is 5.02 Å². The maximum atomic E-state index is 11.9. The van der Waals surface area contributed by atoms with Gasteiger partial charge in [-0.2, -0.15) is 5.10 Å². The van der Waals surface area contributed by atoms with Gasteiger partial charge in [-0.1, -0.05) is 23.7 Å². The molecule has 0 bridgehead atoms. The number of hydrogen-bond donors (Lipinski definition) is 2. The molecule has 5 rings (SSSR count). The van der Waals surface area contributed by atoms with Gasteiger partial charge in [0.1, 0.15) is 23.4 Å². The SMILES string of the molecule is COC(=O)[C@H]1CC[C@H](c2nc(-c3cc4cccc(Cl)c4[nH]3)c3c(N)ncnn32)CC1. The molecular weight excluding hydrogens is 404 g/mol. The van der Waals surface area contributed by atoms with Crippen LogP contribution >= 0.6 is 11.6 Å².